The number of hydrogen-bond acceptors (Lipinski definition) is 3. The summed E-state index contributed by atoms with van der Waals surface area (Å²) < 4.78 is 5.84. The topological polar surface area (TPSA) is 49.8 Å². The number of benzene rings is 1. The molecule has 2 rings (SSSR count). The SMILES string of the molecule is N#Cc1cccc(-c2ncc(Br)o2)c1. The molecule has 0 saturated carbocycles. The van der Waals surface area contributed by atoms with Crippen LogP contribution < -0.4 is 0 Å². The molecule has 0 spiro atoms. The second-order valence-electron chi connectivity index (χ2n) is 2.66. The van der Waals surface area contributed by atoms with Gasteiger partial charge in [-0.2, -0.15) is 5.26 Å². The highest BCUT2D eigenvalue weighted by atomic mass is 79.9. The molecule has 14 heavy (non-hydrogen) atoms. The van der Waals surface area contributed by atoms with Crippen molar-refractivity contribution in [2.75, 3.05) is 0 Å². The zero-order chi connectivity index (χ0) is 9.97. The van der Waals surface area contributed by atoms with Gasteiger partial charge < -0.3 is 4.42 Å². The molecule has 1 aromatic heterocycles. The molecule has 0 amide bonds. The number of nitriles is 1. The van der Waals surface area contributed by atoms with Crippen LogP contribution in [0.2, 0.25) is 0 Å². The number of oxazole rings is 1. The van der Waals surface area contributed by atoms with E-state index in [1.54, 1.807) is 24.4 Å². The molecular weight excluding hydrogens is 244 g/mol. The molecule has 0 saturated heterocycles. The molecule has 4 heteroatoms. The van der Waals surface area contributed by atoms with E-state index in [2.05, 4.69) is 27.0 Å². The molecule has 2 aromatic rings. The van der Waals surface area contributed by atoms with Gasteiger partial charge in [-0.25, -0.2) is 4.98 Å². The fraction of sp³-hybridized carbons (Fsp3) is 0. The molecule has 0 bridgehead atoms. The highest BCUT2D eigenvalue weighted by Gasteiger charge is 2.04. The fourth-order valence-corrected chi connectivity index (χ4v) is 1.37. The Morgan fingerprint density at radius 3 is 2.93 bits per heavy atom. The summed E-state index contributed by atoms with van der Waals surface area (Å²) in [7, 11) is 0. The summed E-state index contributed by atoms with van der Waals surface area (Å²) in [5.41, 5.74) is 1.39. The normalized spacial score (nSPS) is 9.71. The maximum Gasteiger partial charge on any atom is 0.227 e. The first-order valence-electron chi connectivity index (χ1n) is 3.91. The molecular formula is C10H5BrN2O. The summed E-state index contributed by atoms with van der Waals surface area (Å²) in [4.78, 5) is 4.04. The Morgan fingerprint density at radius 1 is 1.43 bits per heavy atom. The van der Waals surface area contributed by atoms with Crippen molar-refractivity contribution >= 4 is 15.9 Å². The third-order valence-corrected chi connectivity index (χ3v) is 2.08. The second-order valence-corrected chi connectivity index (χ2v) is 3.44. The molecule has 0 aliphatic carbocycles. The van der Waals surface area contributed by atoms with Crippen molar-refractivity contribution in [3.05, 3.63) is 40.7 Å². The van der Waals surface area contributed by atoms with E-state index in [1.807, 2.05) is 6.07 Å². The molecule has 0 N–H and O–H groups in total. The van der Waals surface area contributed by atoms with Gasteiger partial charge in [-0.05, 0) is 34.1 Å². The van der Waals surface area contributed by atoms with Crippen LogP contribution >= 0.6 is 15.9 Å². The maximum absolute atomic E-state index is 8.70. The van der Waals surface area contributed by atoms with E-state index in [-0.39, 0.29) is 0 Å². The average molecular weight is 249 g/mol. The molecule has 3 nitrogen and oxygen atoms in total. The molecule has 0 radical (unpaired) electrons. The molecule has 0 fully saturated rings. The van der Waals surface area contributed by atoms with Gasteiger partial charge in [-0.3, -0.25) is 0 Å². The van der Waals surface area contributed by atoms with Crippen LogP contribution in [0.3, 0.4) is 0 Å². The van der Waals surface area contributed by atoms with Crippen molar-refractivity contribution in [2.45, 2.75) is 0 Å². The first kappa shape index (κ1) is 8.97. The van der Waals surface area contributed by atoms with Gasteiger partial charge in [0.1, 0.15) is 0 Å². The molecule has 1 heterocycles. The van der Waals surface area contributed by atoms with Crippen LogP contribution in [0.25, 0.3) is 11.5 Å². The molecule has 1 aromatic carbocycles. The van der Waals surface area contributed by atoms with Crippen LogP contribution in [0.1, 0.15) is 5.56 Å². The first-order valence-corrected chi connectivity index (χ1v) is 4.71. The van der Waals surface area contributed by atoms with Crippen molar-refractivity contribution in [3.8, 4) is 17.5 Å². The minimum absolute atomic E-state index is 0.508. The highest BCUT2D eigenvalue weighted by molar-refractivity contribution is 9.10. The van der Waals surface area contributed by atoms with Crippen molar-refractivity contribution in [3.63, 3.8) is 0 Å². The first-order chi connectivity index (χ1) is 6.79. The number of hydrogen-bond donors (Lipinski definition) is 0. The number of halogens is 1. The van der Waals surface area contributed by atoms with E-state index in [1.165, 1.54) is 0 Å². The van der Waals surface area contributed by atoms with Gasteiger partial charge in [-0.15, -0.1) is 0 Å². The van der Waals surface area contributed by atoms with Crippen LogP contribution in [0, 0.1) is 11.3 Å². The Kier molecular flexibility index (Phi) is 2.33. The van der Waals surface area contributed by atoms with Gasteiger partial charge in [0.25, 0.3) is 0 Å². The second kappa shape index (κ2) is 3.64. The lowest BCUT2D eigenvalue weighted by molar-refractivity contribution is 0.549. The van der Waals surface area contributed by atoms with Gasteiger partial charge >= 0.3 is 0 Å². The van der Waals surface area contributed by atoms with E-state index in [0.29, 0.717) is 16.1 Å². The zero-order valence-corrected chi connectivity index (χ0v) is 8.65. The van der Waals surface area contributed by atoms with E-state index in [0.717, 1.165) is 5.56 Å². The standard InChI is InChI=1S/C10H5BrN2O/c11-9-6-13-10(14-9)8-3-1-2-7(4-8)5-12/h1-4,6H. The largest absolute Gasteiger partial charge is 0.429 e. The van der Waals surface area contributed by atoms with Gasteiger partial charge in [0.05, 0.1) is 17.8 Å². The maximum atomic E-state index is 8.70. The molecule has 0 aliphatic rings. The van der Waals surface area contributed by atoms with Crippen LogP contribution in [-0.4, -0.2) is 4.98 Å². The van der Waals surface area contributed by atoms with Crippen molar-refractivity contribution in [1.82, 2.24) is 4.98 Å². The predicted octanol–water partition coefficient (Wildman–Crippen LogP) is 2.98. The lowest BCUT2D eigenvalue weighted by atomic mass is 10.1. The Labute approximate surface area is 89.1 Å². The predicted molar refractivity (Wildman–Crippen MR) is 54.4 cm³/mol. The third kappa shape index (κ3) is 1.68. The minimum atomic E-state index is 0.508. The zero-order valence-electron chi connectivity index (χ0n) is 7.07. The van der Waals surface area contributed by atoms with Crippen LogP contribution in [0.5, 0.6) is 0 Å². The molecule has 0 atom stereocenters. The van der Waals surface area contributed by atoms with E-state index >= 15 is 0 Å². The summed E-state index contributed by atoms with van der Waals surface area (Å²) in [5, 5.41) is 8.70. The smallest absolute Gasteiger partial charge is 0.227 e. The highest BCUT2D eigenvalue weighted by Crippen LogP contribution is 2.22. The molecule has 0 unspecified atom stereocenters. The molecule has 0 aliphatic heterocycles. The van der Waals surface area contributed by atoms with Crippen molar-refractivity contribution < 1.29 is 4.42 Å². The van der Waals surface area contributed by atoms with Crippen LogP contribution in [-0.2, 0) is 0 Å². The lowest BCUT2D eigenvalue weighted by Gasteiger charge is -1.94. The summed E-state index contributed by atoms with van der Waals surface area (Å²) in [5.74, 6) is 0.508. The van der Waals surface area contributed by atoms with Crippen LogP contribution in [0.4, 0.5) is 0 Å². The van der Waals surface area contributed by atoms with Crippen molar-refractivity contribution in [1.29, 1.82) is 5.26 Å². The van der Waals surface area contributed by atoms with E-state index in [4.69, 9.17) is 9.68 Å². The van der Waals surface area contributed by atoms with E-state index < -0.39 is 0 Å². The summed E-state index contributed by atoms with van der Waals surface area (Å²) in [6, 6.07) is 9.18. The summed E-state index contributed by atoms with van der Waals surface area (Å²) in [6.07, 6.45) is 1.58. The number of nitrogens with zero attached hydrogens (tertiary/aromatic N) is 2. The van der Waals surface area contributed by atoms with Gasteiger partial charge in [-0.1, -0.05) is 6.07 Å². The Bertz CT molecular complexity index is 499. The Hall–Kier alpha value is -1.60. The Morgan fingerprint density at radius 2 is 2.29 bits per heavy atom. The van der Waals surface area contributed by atoms with Crippen molar-refractivity contribution in [2.24, 2.45) is 0 Å². The number of aromatic nitrogens is 1. The van der Waals surface area contributed by atoms with Crippen LogP contribution in [0.15, 0.2) is 39.5 Å². The van der Waals surface area contributed by atoms with Gasteiger partial charge in [0, 0.05) is 5.56 Å². The molecule has 68 valence electrons. The van der Waals surface area contributed by atoms with Gasteiger partial charge in [0.15, 0.2) is 4.67 Å². The summed E-state index contributed by atoms with van der Waals surface area (Å²) >= 11 is 3.17. The summed E-state index contributed by atoms with van der Waals surface area (Å²) in [6.45, 7) is 0. The van der Waals surface area contributed by atoms with E-state index in [9.17, 15) is 0 Å². The minimum Gasteiger partial charge on any atom is -0.429 e. The fourth-order valence-electron chi connectivity index (χ4n) is 1.11. The monoisotopic (exact) mass is 248 g/mol. The van der Waals surface area contributed by atoms with Gasteiger partial charge in [0.2, 0.25) is 5.89 Å². The third-order valence-electron chi connectivity index (χ3n) is 1.72. The quantitative estimate of drug-likeness (QED) is 0.780. The average Bonchev–Trinajstić information content (AvgIpc) is 2.65. The Balaban J connectivity index is 2.47. The number of rotatable bonds is 1. The lowest BCUT2D eigenvalue weighted by Crippen LogP contribution is -1.78.